The molecule has 0 spiro atoms. The van der Waals surface area contributed by atoms with E-state index >= 15 is 0 Å². The van der Waals surface area contributed by atoms with E-state index in [9.17, 15) is 4.79 Å². The first-order valence-corrected chi connectivity index (χ1v) is 5.73. The van der Waals surface area contributed by atoms with Gasteiger partial charge in [0.1, 0.15) is 5.76 Å². The first-order chi connectivity index (χ1) is 9.19. The molecule has 6 nitrogen and oxygen atoms in total. The zero-order valence-corrected chi connectivity index (χ0v) is 10.5. The van der Waals surface area contributed by atoms with E-state index in [1.165, 1.54) is 6.20 Å². The minimum Gasteiger partial charge on any atom is -0.380 e. The first-order valence-electron chi connectivity index (χ1n) is 5.73. The molecule has 0 fully saturated rings. The maximum absolute atomic E-state index is 12.0. The Kier molecular flexibility index (Phi) is 3.92. The molecule has 1 amide bonds. The summed E-state index contributed by atoms with van der Waals surface area (Å²) < 4.78 is 4.87. The number of nitrogens with zero attached hydrogens (tertiary/aromatic N) is 2. The van der Waals surface area contributed by atoms with Crippen molar-refractivity contribution in [3.63, 3.8) is 0 Å². The van der Waals surface area contributed by atoms with Crippen LogP contribution in [-0.2, 0) is 0 Å². The van der Waals surface area contributed by atoms with Gasteiger partial charge in [0.15, 0.2) is 5.82 Å². The van der Waals surface area contributed by atoms with Crippen LogP contribution >= 0.6 is 0 Å². The number of aryl methyl sites for hydroxylation is 1. The van der Waals surface area contributed by atoms with Crippen molar-refractivity contribution in [3.05, 3.63) is 48.5 Å². The summed E-state index contributed by atoms with van der Waals surface area (Å²) in [7, 11) is 0. The topological polar surface area (TPSA) is 80.0 Å². The quantitative estimate of drug-likeness (QED) is 0.804. The predicted octanol–water partition coefficient (Wildman–Crippen LogP) is 2.23. The van der Waals surface area contributed by atoms with Gasteiger partial charge in [-0.2, -0.15) is 0 Å². The third-order valence-corrected chi connectivity index (χ3v) is 2.32. The molecule has 2 aromatic heterocycles. The first kappa shape index (κ1) is 12.8. The van der Waals surface area contributed by atoms with Gasteiger partial charge in [-0.25, -0.2) is 0 Å². The second-order valence-electron chi connectivity index (χ2n) is 3.91. The Hall–Kier alpha value is -2.63. The van der Waals surface area contributed by atoms with Crippen molar-refractivity contribution in [3.8, 4) is 0 Å². The van der Waals surface area contributed by atoms with Crippen molar-refractivity contribution < 1.29 is 9.32 Å². The minimum atomic E-state index is -0.289. The van der Waals surface area contributed by atoms with Crippen molar-refractivity contribution >= 4 is 17.4 Å². The molecule has 6 heteroatoms. The number of rotatable bonds is 5. The Balaban J connectivity index is 2.08. The van der Waals surface area contributed by atoms with Gasteiger partial charge in [0.05, 0.1) is 11.3 Å². The van der Waals surface area contributed by atoms with E-state index in [1.807, 2.05) is 0 Å². The van der Waals surface area contributed by atoms with Crippen molar-refractivity contribution in [2.45, 2.75) is 6.92 Å². The molecule has 0 unspecified atom stereocenters. The van der Waals surface area contributed by atoms with Gasteiger partial charge in [0.2, 0.25) is 0 Å². The van der Waals surface area contributed by atoms with E-state index in [1.54, 1.807) is 31.3 Å². The van der Waals surface area contributed by atoms with Gasteiger partial charge >= 0.3 is 0 Å². The molecule has 0 aliphatic carbocycles. The van der Waals surface area contributed by atoms with E-state index in [4.69, 9.17) is 4.52 Å². The van der Waals surface area contributed by atoms with Gasteiger partial charge < -0.3 is 15.2 Å². The van der Waals surface area contributed by atoms with Crippen molar-refractivity contribution in [2.75, 3.05) is 17.2 Å². The molecule has 2 heterocycles. The molecule has 0 aromatic carbocycles. The molecule has 0 bridgehead atoms. The van der Waals surface area contributed by atoms with Crippen molar-refractivity contribution in [1.82, 2.24) is 10.1 Å². The standard InChI is InChI=1S/C13H14N4O2/c1-3-4-15-11-6-10(7-14-8-11)13(18)16-12-5-9(2)19-17-12/h3,5-8,15H,1,4H2,2H3,(H,16,17,18). The number of aromatic nitrogens is 2. The van der Waals surface area contributed by atoms with Crippen LogP contribution in [0, 0.1) is 6.92 Å². The lowest BCUT2D eigenvalue weighted by Gasteiger charge is -2.05. The van der Waals surface area contributed by atoms with E-state index < -0.39 is 0 Å². The highest BCUT2D eigenvalue weighted by Crippen LogP contribution is 2.12. The number of anilines is 2. The summed E-state index contributed by atoms with van der Waals surface area (Å²) in [5.74, 6) is 0.727. The highest BCUT2D eigenvalue weighted by Gasteiger charge is 2.09. The molecule has 2 N–H and O–H groups in total. The highest BCUT2D eigenvalue weighted by molar-refractivity contribution is 6.04. The predicted molar refractivity (Wildman–Crippen MR) is 72.1 cm³/mol. The number of hydrogen-bond donors (Lipinski definition) is 2. The smallest absolute Gasteiger partial charge is 0.258 e. The molecular weight excluding hydrogens is 244 g/mol. The maximum Gasteiger partial charge on any atom is 0.258 e. The Morgan fingerprint density at radius 1 is 1.47 bits per heavy atom. The van der Waals surface area contributed by atoms with Crippen LogP contribution in [0.15, 0.2) is 41.7 Å². The lowest BCUT2D eigenvalue weighted by Crippen LogP contribution is -2.13. The van der Waals surface area contributed by atoms with Crippen LogP contribution in [-0.4, -0.2) is 22.6 Å². The molecule has 19 heavy (non-hydrogen) atoms. The fourth-order valence-electron chi connectivity index (χ4n) is 1.46. The summed E-state index contributed by atoms with van der Waals surface area (Å²) in [4.78, 5) is 16.0. The van der Waals surface area contributed by atoms with E-state index in [2.05, 4.69) is 27.4 Å². The molecule has 0 aliphatic heterocycles. The molecule has 0 saturated carbocycles. The third kappa shape index (κ3) is 3.41. The zero-order valence-electron chi connectivity index (χ0n) is 10.5. The van der Waals surface area contributed by atoms with Crippen LogP contribution in [0.25, 0.3) is 0 Å². The van der Waals surface area contributed by atoms with Gasteiger partial charge in [-0.1, -0.05) is 11.2 Å². The Morgan fingerprint density at radius 3 is 3.00 bits per heavy atom. The Morgan fingerprint density at radius 2 is 2.32 bits per heavy atom. The molecule has 0 radical (unpaired) electrons. The van der Waals surface area contributed by atoms with Crippen LogP contribution in [0.4, 0.5) is 11.5 Å². The summed E-state index contributed by atoms with van der Waals surface area (Å²) >= 11 is 0. The molecular formula is C13H14N4O2. The van der Waals surface area contributed by atoms with Gasteiger partial charge in [0, 0.05) is 25.0 Å². The SMILES string of the molecule is C=CCNc1cncc(C(=O)Nc2cc(C)on2)c1. The third-order valence-electron chi connectivity index (χ3n) is 2.32. The maximum atomic E-state index is 12.0. The van der Waals surface area contributed by atoms with Crippen LogP contribution in [0.3, 0.4) is 0 Å². The zero-order chi connectivity index (χ0) is 13.7. The Labute approximate surface area is 110 Å². The van der Waals surface area contributed by atoms with Crippen molar-refractivity contribution in [1.29, 1.82) is 0 Å². The number of nitrogens with one attached hydrogen (secondary N) is 2. The number of carbonyl (C=O) groups is 1. The monoisotopic (exact) mass is 258 g/mol. The summed E-state index contributed by atoms with van der Waals surface area (Å²) in [5, 5.41) is 9.39. The number of carbonyl (C=O) groups excluding carboxylic acids is 1. The van der Waals surface area contributed by atoms with Crippen LogP contribution in [0.1, 0.15) is 16.1 Å². The van der Waals surface area contributed by atoms with Gasteiger partial charge in [0.25, 0.3) is 5.91 Å². The van der Waals surface area contributed by atoms with Crippen LogP contribution < -0.4 is 10.6 Å². The highest BCUT2D eigenvalue weighted by atomic mass is 16.5. The summed E-state index contributed by atoms with van der Waals surface area (Å²) in [6.45, 7) is 5.97. The summed E-state index contributed by atoms with van der Waals surface area (Å²) in [6.07, 6.45) is 4.85. The number of hydrogen-bond acceptors (Lipinski definition) is 5. The molecule has 0 saturated heterocycles. The molecule has 0 atom stereocenters. The average Bonchev–Trinajstić information content (AvgIpc) is 2.82. The van der Waals surface area contributed by atoms with E-state index in [-0.39, 0.29) is 5.91 Å². The number of pyridine rings is 1. The molecule has 98 valence electrons. The van der Waals surface area contributed by atoms with E-state index in [0.29, 0.717) is 23.7 Å². The van der Waals surface area contributed by atoms with Crippen LogP contribution in [0.2, 0.25) is 0 Å². The summed E-state index contributed by atoms with van der Waals surface area (Å²) in [5.41, 5.74) is 1.19. The van der Waals surface area contributed by atoms with Crippen molar-refractivity contribution in [2.24, 2.45) is 0 Å². The Bertz CT molecular complexity index is 592. The minimum absolute atomic E-state index is 0.289. The fourth-order valence-corrected chi connectivity index (χ4v) is 1.46. The van der Waals surface area contributed by atoms with Gasteiger partial charge in [-0.05, 0) is 13.0 Å². The molecule has 0 aliphatic rings. The second-order valence-corrected chi connectivity index (χ2v) is 3.91. The lowest BCUT2D eigenvalue weighted by molar-refractivity contribution is 0.102. The van der Waals surface area contributed by atoms with E-state index in [0.717, 1.165) is 5.69 Å². The van der Waals surface area contributed by atoms with Crippen LogP contribution in [0.5, 0.6) is 0 Å². The lowest BCUT2D eigenvalue weighted by atomic mass is 10.2. The average molecular weight is 258 g/mol. The molecule has 2 rings (SSSR count). The second kappa shape index (κ2) is 5.81. The summed E-state index contributed by atoms with van der Waals surface area (Å²) in [6, 6.07) is 3.35. The van der Waals surface area contributed by atoms with Gasteiger partial charge in [-0.3, -0.25) is 9.78 Å². The normalized spacial score (nSPS) is 9.95. The number of amides is 1. The van der Waals surface area contributed by atoms with Gasteiger partial charge in [-0.15, -0.1) is 6.58 Å². The molecule has 2 aromatic rings. The fraction of sp³-hybridized carbons (Fsp3) is 0.154. The largest absolute Gasteiger partial charge is 0.380 e.